The van der Waals surface area contributed by atoms with Crippen molar-refractivity contribution in [2.75, 3.05) is 30.6 Å². The fourth-order valence-electron chi connectivity index (χ4n) is 4.00. The second-order valence-electron chi connectivity index (χ2n) is 8.86. The number of nitrogens with one attached hydrogen (secondary N) is 1. The molecule has 3 aromatic rings. The molecule has 0 atom stereocenters. The van der Waals surface area contributed by atoms with E-state index < -0.39 is 15.8 Å². The summed E-state index contributed by atoms with van der Waals surface area (Å²) in [5.74, 6) is -0.761. The summed E-state index contributed by atoms with van der Waals surface area (Å²) in [5.41, 5.74) is 0.923. The van der Waals surface area contributed by atoms with Gasteiger partial charge in [-0.15, -0.1) is 11.3 Å². The zero-order chi connectivity index (χ0) is 24.5. The second-order valence-corrected chi connectivity index (χ2v) is 12.0. The van der Waals surface area contributed by atoms with Crippen LogP contribution in [0, 0.1) is 5.82 Å². The number of nitrogens with zero attached hydrogens (tertiary/aromatic N) is 4. The zero-order valence-electron chi connectivity index (χ0n) is 19.3. The van der Waals surface area contributed by atoms with E-state index in [9.17, 15) is 8.42 Å². The van der Waals surface area contributed by atoms with Gasteiger partial charge in [-0.1, -0.05) is 19.9 Å². The Labute approximate surface area is 208 Å². The van der Waals surface area contributed by atoms with Crippen LogP contribution < -0.4 is 4.72 Å². The number of likely N-dealkylation sites (tertiary alicyclic amines) is 1. The number of aromatic nitrogens is 3. The van der Waals surface area contributed by atoms with Crippen molar-refractivity contribution in [3.63, 3.8) is 0 Å². The number of thiazole rings is 1. The van der Waals surface area contributed by atoms with Crippen molar-refractivity contribution in [3.05, 3.63) is 46.6 Å². The molecule has 0 amide bonds. The van der Waals surface area contributed by atoms with Crippen LogP contribution in [-0.4, -0.2) is 54.2 Å². The van der Waals surface area contributed by atoms with E-state index in [4.69, 9.17) is 16.6 Å². The average molecular weight is 524 g/mol. The van der Waals surface area contributed by atoms with Gasteiger partial charge >= 0.3 is 0 Å². The molecule has 1 N–H and O–H groups in total. The summed E-state index contributed by atoms with van der Waals surface area (Å²) in [5, 5.41) is 0.988. The topological polar surface area (TPSA) is 88.1 Å². The van der Waals surface area contributed by atoms with Crippen molar-refractivity contribution in [2.45, 2.75) is 38.5 Å². The second kappa shape index (κ2) is 9.85. The van der Waals surface area contributed by atoms with Gasteiger partial charge in [0.25, 0.3) is 0 Å². The van der Waals surface area contributed by atoms with Crippen LogP contribution >= 0.6 is 22.9 Å². The molecule has 7 nitrogen and oxygen atoms in total. The summed E-state index contributed by atoms with van der Waals surface area (Å²) in [6.45, 7) is 5.84. The molecular weight excluding hydrogens is 497 g/mol. The smallest absolute Gasteiger partial charge is 0.232 e. The largest absolute Gasteiger partial charge is 0.306 e. The van der Waals surface area contributed by atoms with Crippen LogP contribution in [0.2, 0.25) is 5.28 Å². The number of rotatable bonds is 7. The number of anilines is 1. The van der Waals surface area contributed by atoms with Crippen LogP contribution in [0.3, 0.4) is 0 Å². The van der Waals surface area contributed by atoms with Gasteiger partial charge in [0.05, 0.1) is 32.7 Å². The molecule has 1 fully saturated rings. The van der Waals surface area contributed by atoms with Crippen LogP contribution in [0.5, 0.6) is 0 Å². The Bertz CT molecular complexity index is 1290. The van der Waals surface area contributed by atoms with Gasteiger partial charge in [-0.2, -0.15) is 0 Å². The van der Waals surface area contributed by atoms with E-state index in [1.165, 1.54) is 17.4 Å². The van der Waals surface area contributed by atoms with Gasteiger partial charge in [0, 0.05) is 17.2 Å². The van der Waals surface area contributed by atoms with Crippen LogP contribution in [0.4, 0.5) is 10.1 Å². The van der Waals surface area contributed by atoms with Crippen LogP contribution in [0.15, 0.2) is 30.5 Å². The predicted molar refractivity (Wildman–Crippen MR) is 135 cm³/mol. The lowest BCUT2D eigenvalue weighted by molar-refractivity contribution is 0.199. The van der Waals surface area contributed by atoms with Crippen molar-refractivity contribution < 1.29 is 12.8 Å². The van der Waals surface area contributed by atoms with Crippen molar-refractivity contribution >= 4 is 38.6 Å². The third kappa shape index (κ3) is 5.25. The summed E-state index contributed by atoms with van der Waals surface area (Å²) in [7, 11) is -1.55. The highest BCUT2D eigenvalue weighted by Crippen LogP contribution is 2.45. The van der Waals surface area contributed by atoms with E-state index in [0.717, 1.165) is 30.9 Å². The first kappa shape index (κ1) is 25.0. The average Bonchev–Trinajstić information content (AvgIpc) is 3.23. The maximum Gasteiger partial charge on any atom is 0.232 e. The van der Waals surface area contributed by atoms with E-state index in [0.29, 0.717) is 22.7 Å². The molecule has 34 heavy (non-hydrogen) atoms. The number of hydrogen-bond donors (Lipinski definition) is 1. The third-order valence-electron chi connectivity index (χ3n) is 6.09. The lowest BCUT2D eigenvalue weighted by atomic mass is 9.81. The summed E-state index contributed by atoms with van der Waals surface area (Å²) in [6, 6.07) is 6.36. The first-order valence-electron chi connectivity index (χ1n) is 11.1. The Morgan fingerprint density at radius 2 is 1.97 bits per heavy atom. The molecule has 1 aliphatic rings. The van der Waals surface area contributed by atoms with Gasteiger partial charge in [-0.3, -0.25) is 4.72 Å². The molecular formula is C23H27ClFN5O2S2. The maximum absolute atomic E-state index is 15.7. The summed E-state index contributed by atoms with van der Waals surface area (Å²) >= 11 is 7.53. The van der Waals surface area contributed by atoms with E-state index in [1.54, 1.807) is 31.3 Å². The number of sulfonamides is 1. The number of halogens is 2. The zero-order valence-corrected chi connectivity index (χ0v) is 21.7. The Kier molecular flexibility index (Phi) is 7.23. The number of piperidine rings is 1. The molecule has 2 aromatic heterocycles. The molecule has 0 radical (unpaired) electrons. The number of hydrogen-bond acceptors (Lipinski definition) is 7. The standard InChI is InChI=1S/C23H27ClFN5O2S2/c1-4-14-34(31,32)29-16-7-5-6-15(18(16)25)19-20(17-8-11-26-22(24)27-17)33-21(28-19)23(2)9-12-30(3)13-10-23/h5-8,11,29H,4,9-10,12-14H2,1-3H3. The molecule has 0 bridgehead atoms. The quantitative estimate of drug-likeness (QED) is 0.428. The van der Waals surface area contributed by atoms with Crippen LogP contribution in [-0.2, 0) is 15.4 Å². The fourth-order valence-corrected chi connectivity index (χ4v) is 6.53. The van der Waals surface area contributed by atoms with Crippen molar-refractivity contribution in [2.24, 2.45) is 0 Å². The highest BCUT2D eigenvalue weighted by Gasteiger charge is 2.35. The van der Waals surface area contributed by atoms with Gasteiger partial charge in [0.2, 0.25) is 15.3 Å². The Hall–Kier alpha value is -2.14. The minimum Gasteiger partial charge on any atom is -0.306 e. The van der Waals surface area contributed by atoms with Crippen molar-refractivity contribution in [1.82, 2.24) is 19.9 Å². The van der Waals surface area contributed by atoms with Crippen molar-refractivity contribution in [3.8, 4) is 21.8 Å². The number of benzene rings is 1. The monoisotopic (exact) mass is 523 g/mol. The lowest BCUT2D eigenvalue weighted by Gasteiger charge is -2.36. The molecule has 0 spiro atoms. The first-order chi connectivity index (χ1) is 16.1. The van der Waals surface area contributed by atoms with Gasteiger partial charge in [-0.05, 0) is 69.2 Å². The lowest BCUT2D eigenvalue weighted by Crippen LogP contribution is -2.38. The third-order valence-corrected chi connectivity index (χ3v) is 9.13. The highest BCUT2D eigenvalue weighted by atomic mass is 35.5. The Morgan fingerprint density at radius 3 is 2.65 bits per heavy atom. The molecule has 182 valence electrons. The van der Waals surface area contributed by atoms with Gasteiger partial charge < -0.3 is 4.90 Å². The van der Waals surface area contributed by atoms with E-state index in [2.05, 4.69) is 33.6 Å². The molecule has 1 saturated heterocycles. The summed E-state index contributed by atoms with van der Waals surface area (Å²) in [6.07, 6.45) is 3.84. The predicted octanol–water partition coefficient (Wildman–Crippen LogP) is 5.19. The van der Waals surface area contributed by atoms with Gasteiger partial charge in [0.1, 0.15) is 0 Å². The Balaban J connectivity index is 1.84. The highest BCUT2D eigenvalue weighted by molar-refractivity contribution is 7.92. The SMILES string of the molecule is CCCS(=O)(=O)Nc1cccc(-c2nc(C3(C)CCN(C)CC3)sc2-c2ccnc(Cl)n2)c1F. The molecule has 3 heterocycles. The normalized spacial score (nSPS) is 16.5. The van der Waals surface area contributed by atoms with E-state index >= 15 is 4.39 Å². The molecule has 4 rings (SSSR count). The molecule has 11 heteroatoms. The molecule has 0 aliphatic carbocycles. The minimum atomic E-state index is -3.65. The fraction of sp³-hybridized carbons (Fsp3) is 0.435. The van der Waals surface area contributed by atoms with E-state index in [-0.39, 0.29) is 27.7 Å². The summed E-state index contributed by atoms with van der Waals surface area (Å²) in [4.78, 5) is 16.2. The molecule has 0 unspecified atom stereocenters. The van der Waals surface area contributed by atoms with Crippen molar-refractivity contribution in [1.29, 1.82) is 0 Å². The molecule has 1 aromatic carbocycles. The molecule has 1 aliphatic heterocycles. The van der Waals surface area contributed by atoms with Gasteiger partial charge in [-0.25, -0.2) is 27.8 Å². The first-order valence-corrected chi connectivity index (χ1v) is 13.9. The summed E-state index contributed by atoms with van der Waals surface area (Å²) < 4.78 is 42.6. The minimum absolute atomic E-state index is 0.0883. The maximum atomic E-state index is 15.7. The Morgan fingerprint density at radius 1 is 1.24 bits per heavy atom. The van der Waals surface area contributed by atoms with E-state index in [1.807, 2.05) is 0 Å². The van der Waals surface area contributed by atoms with Gasteiger partial charge in [0.15, 0.2) is 5.82 Å². The van der Waals surface area contributed by atoms with Crippen LogP contribution in [0.1, 0.15) is 38.1 Å². The van der Waals surface area contributed by atoms with Crippen LogP contribution in [0.25, 0.3) is 21.8 Å². The molecule has 0 saturated carbocycles.